The molecule has 0 radical (unpaired) electrons. The molecule has 0 bridgehead atoms. The number of aliphatic hydroxyl groups is 2. The van der Waals surface area contributed by atoms with E-state index in [2.05, 4.69) is 5.32 Å². The molecule has 19 atom stereocenters. The average molecular weight is 1120 g/mol. The van der Waals surface area contributed by atoms with Gasteiger partial charge in [0.15, 0.2) is 30.4 Å². The summed E-state index contributed by atoms with van der Waals surface area (Å²) in [4.78, 5) is 70.2. The molecule has 1 aromatic carbocycles. The van der Waals surface area contributed by atoms with Crippen LogP contribution in [0, 0.1) is 17.8 Å². The van der Waals surface area contributed by atoms with E-state index < -0.39 is 126 Å². The predicted molar refractivity (Wildman–Crippen MR) is 287 cm³/mol. The molecule has 0 aliphatic carbocycles. The minimum absolute atomic E-state index is 0.0401. The Morgan fingerprint density at radius 2 is 1.68 bits per heavy atom. The summed E-state index contributed by atoms with van der Waals surface area (Å²) in [5.41, 5.74) is -1.47. The Morgan fingerprint density at radius 1 is 0.962 bits per heavy atom. The van der Waals surface area contributed by atoms with E-state index >= 15 is 0 Å². The third kappa shape index (κ3) is 13.8. The molecule has 2 aromatic rings. The second kappa shape index (κ2) is 25.9. The summed E-state index contributed by atoms with van der Waals surface area (Å²) in [6, 6.07) is 3.02. The number of carboxylic acid groups (broad SMARTS) is 1. The first-order chi connectivity index (χ1) is 37.2. The van der Waals surface area contributed by atoms with Gasteiger partial charge in [0.2, 0.25) is 5.43 Å². The number of aliphatic hydroxyl groups excluding tert-OH is 1. The van der Waals surface area contributed by atoms with Crippen LogP contribution in [-0.4, -0.2) is 192 Å². The molecule has 0 spiro atoms. The number of likely N-dealkylation sites (N-methyl/N-ethyl adjacent to an activating group) is 2. The van der Waals surface area contributed by atoms with E-state index in [-0.39, 0.29) is 49.3 Å². The Bertz CT molecular complexity index is 2530. The highest BCUT2D eigenvalue weighted by Gasteiger charge is 2.58. The summed E-state index contributed by atoms with van der Waals surface area (Å²) in [6.07, 6.45) is -7.38. The number of hydrogen-bond donors (Lipinski definition) is 4. The van der Waals surface area contributed by atoms with Crippen molar-refractivity contribution in [2.75, 3.05) is 47.9 Å². The summed E-state index contributed by atoms with van der Waals surface area (Å²) >= 11 is 0. The van der Waals surface area contributed by atoms with E-state index in [4.69, 9.17) is 47.4 Å². The number of carbonyl (C=O) groups excluding carboxylic acids is 3. The number of nitrogens with one attached hydrogen (secondary N) is 1. The number of carboxylic acids is 1. The maximum atomic E-state index is 14.8. The van der Waals surface area contributed by atoms with Crippen molar-refractivity contribution in [1.82, 2.24) is 19.7 Å². The van der Waals surface area contributed by atoms with Gasteiger partial charge in [-0.3, -0.25) is 19.3 Å². The SMILES string of the molecule is CC[C@H]1OC(=O)[C@H](C)[C@@H](O[C@H]2C[C@@H](OC)[C@@H](OC(=O)CCNCCCc3cc4c5c(c3)c(=O)c(C(=O)O)cn5C(C)OC4)[C@H](C)O2)[C@H](C)[C@@H](O[C@@H]2O[C@H](C)C[C@H](N(C)C)[C@H]2O)[C@](C)(O)C[C@@H](C)CN(C)[C@H](C)[C@H]2OC(=O)O[C@@]21C. The van der Waals surface area contributed by atoms with Gasteiger partial charge in [-0.15, -0.1) is 0 Å². The zero-order valence-corrected chi connectivity index (χ0v) is 48.6. The summed E-state index contributed by atoms with van der Waals surface area (Å²) in [5.74, 6) is -4.51. The second-order valence-electron chi connectivity index (χ2n) is 23.6. The molecule has 4 N–H and O–H groups in total. The fourth-order valence-electron chi connectivity index (χ4n) is 12.8. The normalized spacial score (nSPS) is 37.8. The number of ether oxygens (including phenoxy) is 10. The molecule has 5 aliphatic heterocycles. The fourth-order valence-corrected chi connectivity index (χ4v) is 12.8. The van der Waals surface area contributed by atoms with Crippen molar-refractivity contribution >= 4 is 35.0 Å². The van der Waals surface area contributed by atoms with Crippen LogP contribution in [0.2, 0.25) is 0 Å². The molecule has 0 amide bonds. The van der Waals surface area contributed by atoms with Crippen LogP contribution in [0.4, 0.5) is 4.79 Å². The van der Waals surface area contributed by atoms with Crippen LogP contribution >= 0.6 is 0 Å². The van der Waals surface area contributed by atoms with E-state index in [1.807, 2.05) is 71.6 Å². The molecule has 1 aromatic heterocycles. The lowest BCUT2D eigenvalue weighted by molar-refractivity contribution is -0.312. The van der Waals surface area contributed by atoms with Crippen LogP contribution in [0.15, 0.2) is 23.1 Å². The molecular weight excluding hydrogens is 1030 g/mol. The standard InChI is InChI=1S/C57H88N4O18/c1-15-42-57(10)51(78-55(68)79-57)33(6)60(13)26-29(2)25-56(9,69)50(77-54-47(64)40(59(11)12)21-30(3)72-54)31(4)48(32(5)53(67)74-42)76-44-24-41(70-14)49(34(7)73-44)75-43(62)18-20-58-19-16-17-36-22-37-28-71-35(8)61-27-39(52(65)66)46(63)38(23-36)45(37)61/h22-23,27,29-35,40-42,44,47-51,54,58,64,69H,15-21,24-26,28H2,1-14H3,(H,65,66)/t29-,30-,31+,32-,33-,34+,35?,40+,41-,42-,44+,47-,48+,49+,50-,51-,54+,56-,57-/m1/s1. The Labute approximate surface area is 463 Å². The van der Waals surface area contributed by atoms with Crippen molar-refractivity contribution in [2.45, 2.75) is 218 Å². The van der Waals surface area contributed by atoms with E-state index in [0.717, 1.165) is 11.1 Å². The Hall–Kier alpha value is -4.33. The van der Waals surface area contributed by atoms with Crippen molar-refractivity contribution < 1.29 is 81.9 Å². The van der Waals surface area contributed by atoms with Gasteiger partial charge < -0.3 is 77.5 Å². The second-order valence-corrected chi connectivity index (χ2v) is 23.6. The lowest BCUT2D eigenvalue weighted by atomic mass is 9.77. The summed E-state index contributed by atoms with van der Waals surface area (Å²) in [6.45, 7) is 19.7. The molecule has 5 aliphatic rings. The summed E-state index contributed by atoms with van der Waals surface area (Å²) in [7, 11) is 7.16. The molecule has 1 unspecified atom stereocenters. The van der Waals surface area contributed by atoms with Crippen molar-refractivity contribution in [3.05, 3.63) is 45.2 Å². The minimum Gasteiger partial charge on any atom is -0.477 e. The number of hydrogen-bond acceptors (Lipinski definition) is 20. The number of carbonyl (C=O) groups is 4. The number of benzene rings is 1. The zero-order chi connectivity index (χ0) is 58.0. The van der Waals surface area contributed by atoms with Crippen LogP contribution in [-0.2, 0) is 70.0 Å². The number of aromatic nitrogens is 1. The Balaban J connectivity index is 1.05. The number of esters is 2. The quantitative estimate of drug-likeness (QED) is 0.0988. The van der Waals surface area contributed by atoms with Crippen molar-refractivity contribution in [3.8, 4) is 0 Å². The van der Waals surface area contributed by atoms with Crippen LogP contribution in [0.1, 0.15) is 135 Å². The first-order valence-electron chi connectivity index (χ1n) is 28.2. The lowest BCUT2D eigenvalue weighted by Gasteiger charge is -2.48. The first kappa shape index (κ1) is 62.3. The van der Waals surface area contributed by atoms with Gasteiger partial charge in [-0.05, 0) is 126 Å². The third-order valence-electron chi connectivity index (χ3n) is 17.1. The Morgan fingerprint density at radius 3 is 2.35 bits per heavy atom. The van der Waals surface area contributed by atoms with E-state index in [0.29, 0.717) is 56.4 Å². The minimum atomic E-state index is -1.62. The summed E-state index contributed by atoms with van der Waals surface area (Å²) in [5, 5.41) is 38.0. The molecule has 6 heterocycles. The third-order valence-corrected chi connectivity index (χ3v) is 17.1. The number of rotatable bonds is 16. The highest BCUT2D eigenvalue weighted by Crippen LogP contribution is 2.42. The molecule has 7 rings (SSSR count). The number of nitrogens with zero attached hydrogens (tertiary/aromatic N) is 3. The lowest BCUT2D eigenvalue weighted by Crippen LogP contribution is -2.60. The van der Waals surface area contributed by atoms with Gasteiger partial charge in [0.25, 0.3) is 0 Å². The number of methoxy groups -OCH3 is 1. The van der Waals surface area contributed by atoms with Crippen molar-refractivity contribution in [1.29, 1.82) is 0 Å². The maximum absolute atomic E-state index is 14.8. The van der Waals surface area contributed by atoms with Gasteiger partial charge in [0.05, 0.1) is 54.5 Å². The highest BCUT2D eigenvalue weighted by atomic mass is 16.8. The van der Waals surface area contributed by atoms with Gasteiger partial charge in [0, 0.05) is 61.8 Å². The summed E-state index contributed by atoms with van der Waals surface area (Å²) < 4.78 is 64.1. The van der Waals surface area contributed by atoms with Crippen molar-refractivity contribution in [3.63, 3.8) is 0 Å². The molecule has 22 nitrogen and oxygen atoms in total. The van der Waals surface area contributed by atoms with Crippen LogP contribution in [0.3, 0.4) is 0 Å². The zero-order valence-electron chi connectivity index (χ0n) is 48.6. The largest absolute Gasteiger partial charge is 0.509 e. The smallest absolute Gasteiger partial charge is 0.477 e. The Kier molecular flexibility index (Phi) is 20.4. The van der Waals surface area contributed by atoms with Gasteiger partial charge >= 0.3 is 24.1 Å². The van der Waals surface area contributed by atoms with E-state index in [9.17, 15) is 39.3 Å². The monoisotopic (exact) mass is 1120 g/mol. The average Bonchev–Trinajstić information content (AvgIpc) is 3.82. The van der Waals surface area contributed by atoms with Gasteiger partial charge in [-0.2, -0.15) is 0 Å². The van der Waals surface area contributed by atoms with Crippen LogP contribution in [0.5, 0.6) is 0 Å². The fraction of sp³-hybridized carbons (Fsp3) is 0.772. The first-order valence-corrected chi connectivity index (χ1v) is 28.2. The predicted octanol–water partition coefficient (Wildman–Crippen LogP) is 4.92. The van der Waals surface area contributed by atoms with Crippen LogP contribution < -0.4 is 10.7 Å². The number of cyclic esters (lactones) is 1. The van der Waals surface area contributed by atoms with Gasteiger partial charge in [0.1, 0.15) is 30.1 Å². The highest BCUT2D eigenvalue weighted by molar-refractivity contribution is 5.94. The van der Waals surface area contributed by atoms with Gasteiger partial charge in [-0.1, -0.05) is 26.8 Å². The molecule has 0 saturated carbocycles. The van der Waals surface area contributed by atoms with E-state index in [1.54, 1.807) is 45.3 Å². The molecule has 22 heteroatoms. The number of fused-ring (bicyclic) bond motifs is 1. The topological polar surface area (TPSA) is 262 Å². The molecule has 444 valence electrons. The van der Waals surface area contributed by atoms with E-state index in [1.165, 1.54) is 13.3 Å². The van der Waals surface area contributed by atoms with Crippen molar-refractivity contribution in [2.24, 2.45) is 17.8 Å². The number of aromatic carboxylic acids is 1. The maximum Gasteiger partial charge on any atom is 0.509 e. The van der Waals surface area contributed by atoms with Gasteiger partial charge in [-0.25, -0.2) is 9.59 Å². The molecular formula is C57H88N4O18. The molecule has 4 saturated heterocycles. The molecule has 4 fully saturated rings. The molecule has 79 heavy (non-hydrogen) atoms. The van der Waals surface area contributed by atoms with Crippen LogP contribution in [0.25, 0.3) is 10.9 Å². The number of pyridine rings is 1. The number of aryl methyl sites for hydroxylation is 1.